The summed E-state index contributed by atoms with van der Waals surface area (Å²) in [6.45, 7) is 7.46. The fraction of sp³-hybridized carbons (Fsp3) is 0.310. The van der Waals surface area contributed by atoms with E-state index in [4.69, 9.17) is 9.47 Å². The Morgan fingerprint density at radius 1 is 1.16 bits per heavy atom. The lowest BCUT2D eigenvalue weighted by Gasteiger charge is -2.29. The van der Waals surface area contributed by atoms with Gasteiger partial charge >= 0.3 is 5.97 Å². The highest BCUT2D eigenvalue weighted by Crippen LogP contribution is 2.45. The number of carboxylic acids is 1. The second-order valence-electron chi connectivity index (χ2n) is 10.2. The van der Waals surface area contributed by atoms with Crippen LogP contribution in [0.1, 0.15) is 55.6 Å². The summed E-state index contributed by atoms with van der Waals surface area (Å²) in [5.74, 6) is -1.64. The predicted molar refractivity (Wildman–Crippen MR) is 135 cm³/mol. The predicted octanol–water partition coefficient (Wildman–Crippen LogP) is 7.32. The summed E-state index contributed by atoms with van der Waals surface area (Å²) in [6.07, 6.45) is -2.06. The molecule has 1 N–H and O–H groups in total. The first-order valence-corrected chi connectivity index (χ1v) is 12.0. The zero-order valence-corrected chi connectivity index (χ0v) is 20.9. The lowest BCUT2D eigenvalue weighted by atomic mass is 9.85. The Bertz CT molecular complexity index is 1550. The van der Waals surface area contributed by atoms with Gasteiger partial charge in [0.05, 0.1) is 23.3 Å². The molecule has 192 valence electrons. The minimum Gasteiger partial charge on any atom is -0.493 e. The fourth-order valence-electron chi connectivity index (χ4n) is 5.08. The van der Waals surface area contributed by atoms with E-state index in [0.29, 0.717) is 57.3 Å². The van der Waals surface area contributed by atoms with Crippen molar-refractivity contribution in [2.24, 2.45) is 0 Å². The van der Waals surface area contributed by atoms with Crippen LogP contribution in [0, 0.1) is 12.7 Å². The van der Waals surface area contributed by atoms with Crippen molar-refractivity contribution in [1.82, 2.24) is 4.98 Å². The lowest BCUT2D eigenvalue weighted by molar-refractivity contribution is -0.160. The molecule has 4 aromatic rings. The van der Waals surface area contributed by atoms with Gasteiger partial charge in [-0.1, -0.05) is 6.07 Å². The number of alkyl halides is 2. The number of aromatic nitrogens is 1. The zero-order chi connectivity index (χ0) is 26.6. The number of aryl methyl sites for hydroxylation is 1. The number of ether oxygens (including phenoxy) is 2. The van der Waals surface area contributed by atoms with Gasteiger partial charge < -0.3 is 14.6 Å². The number of halogens is 3. The Balaban J connectivity index is 1.94. The van der Waals surface area contributed by atoms with Gasteiger partial charge in [-0.2, -0.15) is 0 Å². The second kappa shape index (κ2) is 9.03. The van der Waals surface area contributed by atoms with E-state index in [1.807, 2.05) is 6.07 Å². The number of nitrogens with zero attached hydrogens (tertiary/aromatic N) is 1. The van der Waals surface area contributed by atoms with Crippen molar-refractivity contribution in [1.29, 1.82) is 0 Å². The molecule has 0 spiro atoms. The normalized spacial score (nSPS) is 14.3. The summed E-state index contributed by atoms with van der Waals surface area (Å²) < 4.78 is 53.9. The second-order valence-corrected chi connectivity index (χ2v) is 10.2. The van der Waals surface area contributed by atoms with Crippen LogP contribution in [0.15, 0.2) is 42.6 Å². The van der Waals surface area contributed by atoms with E-state index in [-0.39, 0.29) is 0 Å². The number of pyridine rings is 1. The number of rotatable bonds is 5. The first-order chi connectivity index (χ1) is 17.5. The molecule has 3 aromatic carbocycles. The Morgan fingerprint density at radius 3 is 2.59 bits per heavy atom. The highest BCUT2D eigenvalue weighted by Gasteiger charge is 2.33. The van der Waals surface area contributed by atoms with Gasteiger partial charge in [0, 0.05) is 29.1 Å². The molecule has 1 aliphatic heterocycles. The Hall–Kier alpha value is -3.65. The van der Waals surface area contributed by atoms with Gasteiger partial charge in [-0.05, 0) is 85.5 Å². The maximum absolute atomic E-state index is 15.0. The smallest absolute Gasteiger partial charge is 0.337 e. The molecule has 0 unspecified atom stereocenters. The number of carbonyl (C=O) groups is 1. The molecule has 1 aromatic heterocycles. The third kappa shape index (κ3) is 4.39. The third-order valence-electron chi connectivity index (χ3n) is 6.54. The van der Waals surface area contributed by atoms with E-state index in [1.165, 1.54) is 0 Å². The molecule has 2 heterocycles. The molecule has 5 nitrogen and oxygen atoms in total. The minimum atomic E-state index is -3.00. The van der Waals surface area contributed by atoms with Crippen molar-refractivity contribution in [2.75, 3.05) is 6.61 Å². The number of hydrogen-bond donors (Lipinski definition) is 1. The molecule has 0 fully saturated rings. The summed E-state index contributed by atoms with van der Waals surface area (Å²) in [7, 11) is 0. The molecule has 1 atom stereocenters. The van der Waals surface area contributed by atoms with E-state index in [1.54, 1.807) is 52.1 Å². The maximum Gasteiger partial charge on any atom is 0.337 e. The van der Waals surface area contributed by atoms with Gasteiger partial charge in [-0.25, -0.2) is 18.0 Å². The van der Waals surface area contributed by atoms with Crippen LogP contribution in [0.2, 0.25) is 0 Å². The van der Waals surface area contributed by atoms with E-state index < -0.39 is 35.5 Å². The molecule has 1 aliphatic rings. The van der Waals surface area contributed by atoms with Gasteiger partial charge in [0.1, 0.15) is 11.6 Å². The third-order valence-corrected chi connectivity index (χ3v) is 6.54. The van der Waals surface area contributed by atoms with Crippen LogP contribution in [0.3, 0.4) is 0 Å². The SMILES string of the molecule is Cc1cc2cc(C(F)F)c(F)cc2c(-c2ccc3c4c(ccnc24)CCO3)c1[C@@H](OC(C)(C)C)C(=O)O. The molecule has 0 amide bonds. The van der Waals surface area contributed by atoms with E-state index in [9.17, 15) is 23.1 Å². The van der Waals surface area contributed by atoms with E-state index in [2.05, 4.69) is 4.98 Å². The monoisotopic (exact) mass is 509 g/mol. The average Bonchev–Trinajstić information content (AvgIpc) is 2.82. The van der Waals surface area contributed by atoms with Gasteiger partial charge in [0.15, 0.2) is 6.10 Å². The summed E-state index contributed by atoms with van der Waals surface area (Å²) >= 11 is 0. The van der Waals surface area contributed by atoms with Crippen LogP contribution < -0.4 is 4.74 Å². The molecule has 0 aliphatic carbocycles. The molecule has 5 rings (SSSR count). The Kier molecular flexibility index (Phi) is 6.10. The lowest BCUT2D eigenvalue weighted by Crippen LogP contribution is -2.28. The topological polar surface area (TPSA) is 68.7 Å². The van der Waals surface area contributed by atoms with E-state index in [0.717, 1.165) is 23.1 Å². The number of carboxylic acid groups (broad SMARTS) is 1. The molecular weight excluding hydrogens is 483 g/mol. The minimum absolute atomic E-state index is 0.297. The van der Waals surface area contributed by atoms with Crippen LogP contribution in [-0.2, 0) is 16.0 Å². The fourth-order valence-corrected chi connectivity index (χ4v) is 5.08. The van der Waals surface area contributed by atoms with Crippen molar-refractivity contribution >= 4 is 27.6 Å². The summed E-state index contributed by atoms with van der Waals surface area (Å²) in [4.78, 5) is 17.2. The van der Waals surface area contributed by atoms with Crippen molar-refractivity contribution in [3.05, 3.63) is 70.7 Å². The highest BCUT2D eigenvalue weighted by atomic mass is 19.3. The van der Waals surface area contributed by atoms with Gasteiger partial charge in [-0.15, -0.1) is 0 Å². The van der Waals surface area contributed by atoms with E-state index >= 15 is 0 Å². The number of hydrogen-bond acceptors (Lipinski definition) is 4. The average molecular weight is 510 g/mol. The summed E-state index contributed by atoms with van der Waals surface area (Å²) in [5.41, 5.74) is 1.81. The molecular formula is C29H26F3NO4. The summed E-state index contributed by atoms with van der Waals surface area (Å²) in [6, 6.07) is 9.22. The molecule has 0 saturated heterocycles. The largest absolute Gasteiger partial charge is 0.493 e. The molecule has 0 bridgehead atoms. The Labute approximate surface area is 211 Å². The standard InChI is InChI=1S/C29H26F3NO4/c1-14-11-16-12-19(27(31)32)20(30)13-18(16)24(22(14)26(28(34)35)37-29(2,3)4)17-5-6-21-23-15(8-10-36-21)7-9-33-25(17)23/h5-7,9,11-13,26-27H,8,10H2,1-4H3,(H,34,35)/t26-/m1/s1. The maximum atomic E-state index is 15.0. The van der Waals surface area contributed by atoms with Crippen molar-refractivity contribution in [2.45, 2.75) is 52.2 Å². The van der Waals surface area contributed by atoms with Crippen LogP contribution in [0.25, 0.3) is 32.8 Å². The number of aliphatic carboxylic acids is 1. The molecule has 8 heteroatoms. The zero-order valence-electron chi connectivity index (χ0n) is 20.9. The highest BCUT2D eigenvalue weighted by molar-refractivity contribution is 6.09. The molecule has 0 saturated carbocycles. The first-order valence-electron chi connectivity index (χ1n) is 12.0. The number of benzene rings is 3. The molecule has 37 heavy (non-hydrogen) atoms. The number of fused-ring (bicyclic) bond motifs is 1. The van der Waals surface area contributed by atoms with Gasteiger partial charge in [0.2, 0.25) is 0 Å². The van der Waals surface area contributed by atoms with Gasteiger partial charge in [-0.3, -0.25) is 4.98 Å². The van der Waals surface area contributed by atoms with Crippen molar-refractivity contribution < 1.29 is 32.5 Å². The van der Waals surface area contributed by atoms with Crippen molar-refractivity contribution in [3.63, 3.8) is 0 Å². The van der Waals surface area contributed by atoms with Crippen molar-refractivity contribution in [3.8, 4) is 16.9 Å². The summed E-state index contributed by atoms with van der Waals surface area (Å²) in [5, 5.41) is 11.7. The first kappa shape index (κ1) is 25.0. The van der Waals surface area contributed by atoms with Crippen LogP contribution >= 0.6 is 0 Å². The Morgan fingerprint density at radius 2 is 1.92 bits per heavy atom. The quantitative estimate of drug-likeness (QED) is 0.305. The van der Waals surface area contributed by atoms with Crippen LogP contribution in [0.5, 0.6) is 5.75 Å². The van der Waals surface area contributed by atoms with Crippen LogP contribution in [-0.4, -0.2) is 28.3 Å². The van der Waals surface area contributed by atoms with Gasteiger partial charge in [0.25, 0.3) is 6.43 Å². The molecule has 0 radical (unpaired) electrons. The van der Waals surface area contributed by atoms with Crippen LogP contribution in [0.4, 0.5) is 13.2 Å².